The van der Waals surface area contributed by atoms with Crippen LogP contribution in [0.15, 0.2) is 0 Å². The molecule has 0 bridgehead atoms. The van der Waals surface area contributed by atoms with E-state index in [0.717, 1.165) is 6.42 Å². The molecule has 0 aromatic rings. The van der Waals surface area contributed by atoms with Crippen LogP contribution in [-0.2, 0) is 9.53 Å². The quantitative estimate of drug-likeness (QED) is 0.585. The van der Waals surface area contributed by atoms with E-state index in [1.54, 1.807) is 0 Å². The predicted octanol–water partition coefficient (Wildman–Crippen LogP) is 0.566. The Kier molecular flexibility index (Phi) is 1.83. The second kappa shape index (κ2) is 2.73. The molecule has 12 heavy (non-hydrogen) atoms. The molecule has 1 saturated heterocycles. The lowest BCUT2D eigenvalue weighted by atomic mass is 9.89. The lowest BCUT2D eigenvalue weighted by Gasteiger charge is -2.15. The summed E-state index contributed by atoms with van der Waals surface area (Å²) in [7, 11) is 0. The average Bonchev–Trinajstić information content (AvgIpc) is 2.43. The van der Waals surface area contributed by atoms with E-state index in [0.29, 0.717) is 12.3 Å². The molecule has 1 aliphatic carbocycles. The molecule has 4 atom stereocenters. The molecule has 3 heteroatoms. The maximum Gasteiger partial charge on any atom is 0.306 e. The molecule has 1 N–H and O–H groups in total. The van der Waals surface area contributed by atoms with E-state index in [-0.39, 0.29) is 30.5 Å². The zero-order chi connectivity index (χ0) is 8.72. The SMILES string of the molecule is CC1CC2OC(=O)CC2[C@H]1CO. The summed E-state index contributed by atoms with van der Waals surface area (Å²) < 4.78 is 5.14. The molecule has 2 rings (SSSR count). The Bertz CT molecular complexity index is 202. The molecular weight excluding hydrogens is 156 g/mol. The van der Waals surface area contributed by atoms with Gasteiger partial charge < -0.3 is 9.84 Å². The van der Waals surface area contributed by atoms with Crippen LogP contribution in [0.1, 0.15) is 19.8 Å². The van der Waals surface area contributed by atoms with Gasteiger partial charge in [0.05, 0.1) is 6.42 Å². The molecule has 0 amide bonds. The molecule has 1 aliphatic heterocycles. The van der Waals surface area contributed by atoms with Crippen LogP contribution in [-0.4, -0.2) is 23.8 Å². The number of fused-ring (bicyclic) bond motifs is 1. The first-order valence-corrected chi connectivity index (χ1v) is 4.52. The maximum absolute atomic E-state index is 10.9. The fourth-order valence-corrected chi connectivity index (χ4v) is 2.56. The third kappa shape index (κ3) is 1.04. The van der Waals surface area contributed by atoms with Gasteiger partial charge in [0, 0.05) is 12.5 Å². The van der Waals surface area contributed by atoms with Crippen LogP contribution in [0.5, 0.6) is 0 Å². The topological polar surface area (TPSA) is 46.5 Å². The van der Waals surface area contributed by atoms with E-state index in [9.17, 15) is 4.79 Å². The van der Waals surface area contributed by atoms with E-state index < -0.39 is 0 Å². The smallest absolute Gasteiger partial charge is 0.306 e. The fraction of sp³-hybridized carbons (Fsp3) is 0.889. The maximum atomic E-state index is 10.9. The van der Waals surface area contributed by atoms with Crippen LogP contribution in [0.2, 0.25) is 0 Å². The van der Waals surface area contributed by atoms with Crippen LogP contribution >= 0.6 is 0 Å². The van der Waals surface area contributed by atoms with Gasteiger partial charge in [-0.25, -0.2) is 0 Å². The van der Waals surface area contributed by atoms with Gasteiger partial charge in [-0.05, 0) is 18.3 Å². The number of esters is 1. The van der Waals surface area contributed by atoms with Crippen LogP contribution in [0.3, 0.4) is 0 Å². The average molecular weight is 170 g/mol. The number of ether oxygens (including phenoxy) is 1. The highest BCUT2D eigenvalue weighted by atomic mass is 16.6. The van der Waals surface area contributed by atoms with Crippen molar-refractivity contribution in [2.45, 2.75) is 25.9 Å². The van der Waals surface area contributed by atoms with E-state index in [4.69, 9.17) is 9.84 Å². The lowest BCUT2D eigenvalue weighted by molar-refractivity contribution is -0.141. The molecule has 0 aromatic heterocycles. The summed E-state index contributed by atoms with van der Waals surface area (Å²) in [5.74, 6) is 0.979. The Morgan fingerprint density at radius 3 is 3.08 bits per heavy atom. The standard InChI is InChI=1S/C9H14O3/c1-5-2-8-6(7(5)4-10)3-9(11)12-8/h5-8,10H,2-4H2,1H3/t5?,6?,7-,8?/m0/s1. The van der Waals surface area contributed by atoms with Gasteiger partial charge in [-0.2, -0.15) is 0 Å². The molecule has 3 unspecified atom stereocenters. The molecule has 0 radical (unpaired) electrons. The van der Waals surface area contributed by atoms with E-state index >= 15 is 0 Å². The van der Waals surface area contributed by atoms with Gasteiger partial charge in [0.25, 0.3) is 0 Å². The van der Waals surface area contributed by atoms with Gasteiger partial charge in [0.15, 0.2) is 0 Å². The van der Waals surface area contributed by atoms with Gasteiger partial charge in [0.2, 0.25) is 0 Å². The molecule has 3 nitrogen and oxygen atoms in total. The molecule has 2 aliphatic rings. The number of rotatable bonds is 1. The first kappa shape index (κ1) is 8.05. The molecule has 0 spiro atoms. The lowest BCUT2D eigenvalue weighted by Crippen LogP contribution is -2.19. The van der Waals surface area contributed by atoms with Crippen molar-refractivity contribution in [3.63, 3.8) is 0 Å². The van der Waals surface area contributed by atoms with Crippen LogP contribution in [0.4, 0.5) is 0 Å². The Morgan fingerprint density at radius 2 is 2.42 bits per heavy atom. The zero-order valence-electron chi connectivity index (χ0n) is 7.19. The van der Waals surface area contributed by atoms with Crippen LogP contribution in [0.25, 0.3) is 0 Å². The second-order valence-electron chi connectivity index (χ2n) is 3.96. The Hall–Kier alpha value is -0.570. The number of hydrogen-bond donors (Lipinski definition) is 1. The Morgan fingerprint density at radius 1 is 1.67 bits per heavy atom. The third-order valence-corrected chi connectivity index (χ3v) is 3.26. The van der Waals surface area contributed by atoms with Gasteiger partial charge in [-0.3, -0.25) is 4.79 Å². The minimum absolute atomic E-state index is 0.0876. The summed E-state index contributed by atoms with van der Waals surface area (Å²) in [5.41, 5.74) is 0. The van der Waals surface area contributed by atoms with E-state index in [1.165, 1.54) is 0 Å². The third-order valence-electron chi connectivity index (χ3n) is 3.26. The normalized spacial score (nSPS) is 46.0. The summed E-state index contributed by atoms with van der Waals surface area (Å²) in [6, 6.07) is 0. The van der Waals surface area contributed by atoms with E-state index in [1.807, 2.05) is 0 Å². The van der Waals surface area contributed by atoms with Gasteiger partial charge in [-0.1, -0.05) is 6.92 Å². The molecule has 0 aromatic carbocycles. The second-order valence-corrected chi connectivity index (χ2v) is 3.96. The monoisotopic (exact) mass is 170 g/mol. The van der Waals surface area contributed by atoms with Crippen molar-refractivity contribution >= 4 is 5.97 Å². The number of hydrogen-bond acceptors (Lipinski definition) is 3. The van der Waals surface area contributed by atoms with Gasteiger partial charge >= 0.3 is 5.97 Å². The first-order valence-electron chi connectivity index (χ1n) is 4.52. The van der Waals surface area contributed by atoms with E-state index in [2.05, 4.69) is 6.92 Å². The molecule has 68 valence electrons. The highest BCUT2D eigenvalue weighted by Gasteiger charge is 2.47. The Balaban J connectivity index is 2.11. The highest BCUT2D eigenvalue weighted by molar-refractivity contribution is 5.72. The van der Waals surface area contributed by atoms with Crippen molar-refractivity contribution in [3.05, 3.63) is 0 Å². The minimum Gasteiger partial charge on any atom is -0.462 e. The minimum atomic E-state index is -0.0876. The zero-order valence-corrected chi connectivity index (χ0v) is 7.19. The number of aliphatic hydroxyl groups is 1. The number of aliphatic hydroxyl groups excluding tert-OH is 1. The van der Waals surface area contributed by atoms with Crippen molar-refractivity contribution in [2.24, 2.45) is 17.8 Å². The fourth-order valence-electron chi connectivity index (χ4n) is 2.56. The largest absolute Gasteiger partial charge is 0.462 e. The number of carbonyl (C=O) groups excluding carboxylic acids is 1. The molecule has 2 fully saturated rings. The molecular formula is C9H14O3. The first-order chi connectivity index (χ1) is 5.72. The molecule has 1 heterocycles. The molecule has 1 saturated carbocycles. The van der Waals surface area contributed by atoms with Crippen molar-refractivity contribution in [1.82, 2.24) is 0 Å². The summed E-state index contributed by atoms with van der Waals surface area (Å²) in [6.45, 7) is 2.31. The van der Waals surface area contributed by atoms with Crippen molar-refractivity contribution in [1.29, 1.82) is 0 Å². The van der Waals surface area contributed by atoms with Crippen molar-refractivity contribution in [3.8, 4) is 0 Å². The predicted molar refractivity (Wildman–Crippen MR) is 42.3 cm³/mol. The summed E-state index contributed by atoms with van der Waals surface area (Å²) in [4.78, 5) is 10.9. The number of carbonyl (C=O) groups is 1. The van der Waals surface area contributed by atoms with Crippen molar-refractivity contribution in [2.75, 3.05) is 6.61 Å². The Labute approximate surface area is 71.7 Å². The summed E-state index contributed by atoms with van der Waals surface area (Å²) in [5, 5.41) is 9.10. The highest BCUT2D eigenvalue weighted by Crippen LogP contribution is 2.44. The summed E-state index contributed by atoms with van der Waals surface area (Å²) in [6.07, 6.45) is 1.55. The van der Waals surface area contributed by atoms with Crippen LogP contribution < -0.4 is 0 Å². The van der Waals surface area contributed by atoms with Crippen LogP contribution in [0, 0.1) is 17.8 Å². The van der Waals surface area contributed by atoms with Gasteiger partial charge in [0.1, 0.15) is 6.10 Å². The van der Waals surface area contributed by atoms with Crippen molar-refractivity contribution < 1.29 is 14.6 Å². The van der Waals surface area contributed by atoms with Gasteiger partial charge in [-0.15, -0.1) is 0 Å². The summed E-state index contributed by atoms with van der Waals surface area (Å²) >= 11 is 0.